The van der Waals surface area contributed by atoms with E-state index in [9.17, 15) is 29.1 Å². The maximum absolute atomic E-state index is 13.7. The van der Waals surface area contributed by atoms with E-state index in [0.717, 1.165) is 110 Å². The quantitative estimate of drug-likeness (QED) is 0.0503. The maximum atomic E-state index is 13.7. The SMILES string of the molecule is CCOC(=O)Oc1c(OC)cc(C(=O)O[C@@H]2C[C@@H]3CN4CCc5c([nH]c6cc(OC)ccc56)[C@H]4C[C@@H]3[C@H](C(=O)OC)[C@H]2OC)cc1OC.CN1c2ccccc2C(=O)N2CCc3c([nH]c4ccccc34)C21.COC(=O)[C@H]1[C@H]2C[C@@H]3c4[nH]c5cc(OC)ccc5c4CCN3C[C@H]2C[C@@H](O)[C@@H]1OC. The summed E-state index contributed by atoms with van der Waals surface area (Å²) in [6.45, 7) is 6.00. The number of fused-ring (bicyclic) bond motifs is 18. The highest BCUT2D eigenvalue weighted by Crippen LogP contribution is 2.53. The molecule has 16 rings (SSSR count). The normalized spacial score (nSPS) is 26.2. The molecule has 8 aliphatic rings. The first-order valence-corrected chi connectivity index (χ1v) is 34.8. The number of anilines is 1. The summed E-state index contributed by atoms with van der Waals surface area (Å²) in [5.74, 6) is -0.186. The van der Waals surface area contributed by atoms with E-state index in [4.69, 9.17) is 52.1 Å². The topological polar surface area (TPSA) is 267 Å². The zero-order valence-corrected chi connectivity index (χ0v) is 58.7. The van der Waals surface area contributed by atoms with Crippen LogP contribution in [-0.4, -0.2) is 192 Å². The predicted molar refractivity (Wildman–Crippen MR) is 374 cm³/mol. The summed E-state index contributed by atoms with van der Waals surface area (Å²) in [6, 6.07) is 31.7. The van der Waals surface area contributed by atoms with Crippen molar-refractivity contribution in [1.29, 1.82) is 0 Å². The summed E-state index contributed by atoms with van der Waals surface area (Å²) in [4.78, 5) is 84.9. The molecule has 6 aliphatic heterocycles. The minimum Gasteiger partial charge on any atom is -0.497 e. The molecule has 2 aliphatic carbocycles. The first-order valence-electron chi connectivity index (χ1n) is 34.8. The third-order valence-corrected chi connectivity index (χ3v) is 22.8. The van der Waals surface area contributed by atoms with Gasteiger partial charge >= 0.3 is 24.1 Å². The Morgan fingerprint density at radius 2 is 1.10 bits per heavy atom. The number of amides is 1. The van der Waals surface area contributed by atoms with Gasteiger partial charge in [0.1, 0.15) is 29.9 Å². The zero-order valence-electron chi connectivity index (χ0n) is 58.7. The number of hydrogen-bond donors (Lipinski definition) is 4. The standard InChI is InChI=1S/C35H42N2O11.C23H30N2O5.C19H17N3O/c1-7-46-35(40)48-31-26(42-3)12-18(13-27(31)43-4)33(38)47-28-14-19-17-37-11-10-22-21-9-8-20(41-2)15-24(21)36-30(22)25(37)16-23(19)29(32(28)44-5)34(39)45-6;1-28-13-4-5-14-15-6-7-25-11-12-8-19(26)22(29-2)20(23(27)30-3)16(12)10-18(25)21(15)24-17(14)9-13;1-21-16-9-5-3-7-14(16)19(23)22-11-10-13-12-6-2-4-8-15(12)20-17(13)18(21)22/h8-9,12-13,15,19,23,25,28-29,32,36H,7,10-11,14,16-17H2,1-6H3;4-5,9,12,16,18-20,22,24,26H,6-8,10-11H2,1-3H3;2-9,18,20H,10-11H2,1H3/t19-,23+,25-,28-,29+,32+;12-,16+,18-,19-,20+,22+;/m11./s1. The fourth-order valence-corrected chi connectivity index (χ4v) is 18.2. The van der Waals surface area contributed by atoms with Crippen molar-refractivity contribution in [2.75, 3.05) is 108 Å². The number of aliphatic hydroxyl groups is 1. The lowest BCUT2D eigenvalue weighted by molar-refractivity contribution is -0.176. The van der Waals surface area contributed by atoms with Crippen LogP contribution in [0.15, 0.2) is 97.1 Å². The minimum atomic E-state index is -0.942. The van der Waals surface area contributed by atoms with Crippen LogP contribution in [0.25, 0.3) is 32.7 Å². The van der Waals surface area contributed by atoms with Crippen LogP contribution in [0.5, 0.6) is 28.7 Å². The molecule has 534 valence electrons. The highest BCUT2D eigenvalue weighted by molar-refractivity contribution is 6.02. The van der Waals surface area contributed by atoms with Crippen molar-refractivity contribution in [3.05, 3.63) is 142 Å². The molecule has 13 atom stereocenters. The Balaban J connectivity index is 0.000000139. The number of piperidine rings is 2. The number of carbonyl (C=O) groups is 5. The number of benzene rings is 5. The molecule has 1 amide bonds. The summed E-state index contributed by atoms with van der Waals surface area (Å²) >= 11 is 0. The fourth-order valence-electron chi connectivity index (χ4n) is 18.2. The third kappa shape index (κ3) is 12.3. The van der Waals surface area contributed by atoms with Gasteiger partial charge in [0.05, 0.1) is 108 Å². The second kappa shape index (κ2) is 28.6. The van der Waals surface area contributed by atoms with E-state index in [1.165, 1.54) is 91.9 Å². The molecule has 0 bridgehead atoms. The Morgan fingerprint density at radius 1 is 0.574 bits per heavy atom. The first-order chi connectivity index (χ1) is 49.0. The molecule has 0 spiro atoms. The Bertz CT molecular complexity index is 4420. The van der Waals surface area contributed by atoms with E-state index in [-0.39, 0.29) is 83.2 Å². The van der Waals surface area contributed by atoms with Gasteiger partial charge < -0.3 is 82.0 Å². The second-order valence-corrected chi connectivity index (χ2v) is 27.5. The van der Waals surface area contributed by atoms with E-state index in [2.05, 4.69) is 73.1 Å². The Hall–Kier alpha value is -9.33. The van der Waals surface area contributed by atoms with Crippen molar-refractivity contribution in [3.63, 3.8) is 0 Å². The highest BCUT2D eigenvalue weighted by Gasteiger charge is 2.56. The number of carbonyl (C=O) groups excluding carboxylic acids is 5. The van der Waals surface area contributed by atoms with Gasteiger partial charge in [0.25, 0.3) is 5.91 Å². The number of esters is 3. The van der Waals surface area contributed by atoms with Crippen molar-refractivity contribution in [2.45, 2.75) is 94.5 Å². The van der Waals surface area contributed by atoms with Gasteiger partial charge in [0, 0.05) is 110 Å². The lowest BCUT2D eigenvalue weighted by atomic mass is 9.63. The molecule has 24 heteroatoms. The number of aliphatic hydroxyl groups excluding tert-OH is 1. The largest absolute Gasteiger partial charge is 0.514 e. The van der Waals surface area contributed by atoms with E-state index in [1.54, 1.807) is 28.3 Å². The third-order valence-electron chi connectivity index (χ3n) is 22.8. The fraction of sp³-hybridized carbons (Fsp3) is 0.468. The molecule has 24 nitrogen and oxygen atoms in total. The lowest BCUT2D eigenvalue weighted by Crippen LogP contribution is -2.58. The van der Waals surface area contributed by atoms with Gasteiger partial charge in [0.15, 0.2) is 11.5 Å². The molecule has 9 heterocycles. The summed E-state index contributed by atoms with van der Waals surface area (Å²) < 4.78 is 59.9. The van der Waals surface area contributed by atoms with E-state index >= 15 is 0 Å². The van der Waals surface area contributed by atoms with Gasteiger partial charge in [-0.1, -0.05) is 30.3 Å². The molecule has 3 aromatic heterocycles. The van der Waals surface area contributed by atoms with E-state index in [0.29, 0.717) is 12.8 Å². The summed E-state index contributed by atoms with van der Waals surface area (Å²) in [6.07, 6.45) is 1.92. The van der Waals surface area contributed by atoms with Crippen LogP contribution >= 0.6 is 0 Å². The number of para-hydroxylation sites is 2. The Morgan fingerprint density at radius 3 is 1.66 bits per heavy atom. The number of rotatable bonds is 12. The molecule has 2 saturated heterocycles. The van der Waals surface area contributed by atoms with Crippen molar-refractivity contribution < 1.29 is 81.2 Å². The molecule has 1 unspecified atom stereocenters. The van der Waals surface area contributed by atoms with Crippen LogP contribution < -0.4 is 28.6 Å². The number of ether oxygens (including phenoxy) is 11. The molecule has 2 saturated carbocycles. The molecule has 5 aromatic carbocycles. The number of nitrogens with zero attached hydrogens (tertiary/aromatic N) is 4. The summed E-state index contributed by atoms with van der Waals surface area (Å²) in [5, 5.41) is 14.4. The second-order valence-electron chi connectivity index (χ2n) is 27.5. The zero-order chi connectivity index (χ0) is 70.7. The number of H-pyrrole nitrogens is 3. The summed E-state index contributed by atoms with van der Waals surface area (Å²) in [5.41, 5.74) is 12.8. The first kappa shape index (κ1) is 68.8. The van der Waals surface area contributed by atoms with Crippen LogP contribution in [0.2, 0.25) is 0 Å². The van der Waals surface area contributed by atoms with Gasteiger partial charge in [-0.05, 0) is 147 Å². The van der Waals surface area contributed by atoms with Crippen molar-refractivity contribution in [2.24, 2.45) is 35.5 Å². The monoisotopic (exact) mass is 1380 g/mol. The Labute approximate surface area is 585 Å². The highest BCUT2D eigenvalue weighted by atomic mass is 16.7. The molecule has 8 aromatic rings. The van der Waals surface area contributed by atoms with Crippen LogP contribution in [0, 0.1) is 35.5 Å². The molecular formula is C77H89N7O17. The molecule has 4 N–H and O–H groups in total. The Kier molecular flexibility index (Phi) is 19.5. The number of aromatic amines is 3. The number of nitrogens with one attached hydrogen (secondary N) is 3. The maximum Gasteiger partial charge on any atom is 0.514 e. The average molecular weight is 1380 g/mol. The van der Waals surface area contributed by atoms with Gasteiger partial charge in [-0.3, -0.25) is 24.2 Å². The van der Waals surface area contributed by atoms with Crippen LogP contribution in [0.1, 0.15) is 105 Å². The smallest absolute Gasteiger partial charge is 0.497 e. The van der Waals surface area contributed by atoms with Gasteiger partial charge in [-0.25, -0.2) is 9.59 Å². The number of methoxy groups -OCH3 is 8. The minimum absolute atomic E-state index is 0.0356. The molecule has 0 radical (unpaired) electrons. The summed E-state index contributed by atoms with van der Waals surface area (Å²) in [7, 11) is 14.0. The van der Waals surface area contributed by atoms with Crippen molar-refractivity contribution in [1.82, 2.24) is 29.7 Å². The van der Waals surface area contributed by atoms with E-state index < -0.39 is 54.3 Å². The van der Waals surface area contributed by atoms with Gasteiger partial charge in [-0.2, -0.15) is 0 Å². The average Bonchev–Trinajstić information content (AvgIpc) is 1.66. The van der Waals surface area contributed by atoms with Crippen LogP contribution in [0.4, 0.5) is 10.5 Å². The van der Waals surface area contributed by atoms with Gasteiger partial charge in [-0.15, -0.1) is 0 Å². The van der Waals surface area contributed by atoms with Crippen molar-refractivity contribution in [3.8, 4) is 28.7 Å². The van der Waals surface area contributed by atoms with Crippen LogP contribution in [-0.2, 0) is 57.3 Å². The lowest BCUT2D eigenvalue weighted by Gasteiger charge is -2.52. The van der Waals surface area contributed by atoms with Crippen LogP contribution in [0.3, 0.4) is 0 Å². The van der Waals surface area contributed by atoms with Gasteiger partial charge in [0.2, 0.25) is 5.75 Å². The number of hydrogen-bond acceptors (Lipinski definition) is 20. The molecule has 4 fully saturated rings. The van der Waals surface area contributed by atoms with E-state index in [1.807, 2.05) is 53.4 Å². The molecular weight excluding hydrogens is 1290 g/mol. The predicted octanol–water partition coefficient (Wildman–Crippen LogP) is 10.3. The molecule has 101 heavy (non-hydrogen) atoms. The van der Waals surface area contributed by atoms with Crippen molar-refractivity contribution >= 4 is 68.4 Å². The number of aromatic nitrogens is 3.